The molecular weight excluding hydrogens is 234 g/mol. The first-order chi connectivity index (χ1) is 8.28. The molecule has 1 heterocycles. The molecule has 0 aromatic heterocycles. The van der Waals surface area contributed by atoms with Crippen LogP contribution in [0.4, 0.5) is 5.69 Å². The Bertz CT molecular complexity index is 347. The van der Waals surface area contributed by atoms with Gasteiger partial charge in [0.1, 0.15) is 5.75 Å². The normalized spacial score (nSPS) is 24.4. The Kier molecular flexibility index (Phi) is 4.18. The van der Waals surface area contributed by atoms with Gasteiger partial charge in [0.2, 0.25) is 0 Å². The lowest BCUT2D eigenvalue weighted by molar-refractivity contribution is 0.215. The zero-order valence-electron chi connectivity index (χ0n) is 10.1. The van der Waals surface area contributed by atoms with E-state index in [0.29, 0.717) is 0 Å². The maximum absolute atomic E-state index is 9.60. The quantitative estimate of drug-likeness (QED) is 0.864. The summed E-state index contributed by atoms with van der Waals surface area (Å²) < 4.78 is 5.13. The predicted octanol–water partition coefficient (Wildman–Crippen LogP) is 2.37. The molecule has 0 spiro atoms. The van der Waals surface area contributed by atoms with E-state index in [1.807, 2.05) is 36.0 Å². The number of ether oxygens (including phenoxy) is 1. The molecule has 0 aliphatic carbocycles. The first-order valence-corrected chi connectivity index (χ1v) is 7.04. The maximum Gasteiger partial charge on any atom is 0.119 e. The SMILES string of the molecule is COc1ccc(NC2(CO)CCCSC2)cc1. The van der Waals surface area contributed by atoms with Gasteiger partial charge in [-0.1, -0.05) is 0 Å². The summed E-state index contributed by atoms with van der Waals surface area (Å²) >= 11 is 1.91. The number of hydrogen-bond donors (Lipinski definition) is 2. The minimum absolute atomic E-state index is 0.155. The lowest BCUT2D eigenvalue weighted by Crippen LogP contribution is -2.46. The van der Waals surface area contributed by atoms with Crippen molar-refractivity contribution in [2.24, 2.45) is 0 Å². The molecular formula is C13H19NO2S. The molecule has 1 atom stereocenters. The van der Waals surface area contributed by atoms with Crippen LogP contribution >= 0.6 is 11.8 Å². The monoisotopic (exact) mass is 253 g/mol. The van der Waals surface area contributed by atoms with E-state index >= 15 is 0 Å². The van der Waals surface area contributed by atoms with Crippen molar-refractivity contribution in [1.29, 1.82) is 0 Å². The summed E-state index contributed by atoms with van der Waals surface area (Å²) in [4.78, 5) is 0. The van der Waals surface area contributed by atoms with Crippen LogP contribution in [0.5, 0.6) is 5.75 Å². The molecule has 1 aromatic carbocycles. The van der Waals surface area contributed by atoms with Gasteiger partial charge in [-0.25, -0.2) is 0 Å². The van der Waals surface area contributed by atoms with Gasteiger partial charge < -0.3 is 15.2 Å². The second kappa shape index (κ2) is 5.65. The van der Waals surface area contributed by atoms with Crippen LogP contribution in [0.3, 0.4) is 0 Å². The van der Waals surface area contributed by atoms with Crippen LogP contribution in [0.1, 0.15) is 12.8 Å². The molecule has 1 aromatic rings. The molecule has 2 rings (SSSR count). The molecule has 1 aliphatic rings. The minimum atomic E-state index is -0.155. The number of thioether (sulfide) groups is 1. The number of nitrogens with one attached hydrogen (secondary N) is 1. The summed E-state index contributed by atoms with van der Waals surface area (Å²) in [6.07, 6.45) is 2.19. The predicted molar refractivity (Wildman–Crippen MR) is 73.0 cm³/mol. The van der Waals surface area contributed by atoms with Crippen LogP contribution in [-0.4, -0.2) is 35.9 Å². The lowest BCUT2D eigenvalue weighted by Gasteiger charge is -2.37. The Balaban J connectivity index is 2.06. The van der Waals surface area contributed by atoms with Gasteiger partial charge in [-0.15, -0.1) is 0 Å². The Labute approximate surface area is 107 Å². The molecule has 17 heavy (non-hydrogen) atoms. The highest BCUT2D eigenvalue weighted by molar-refractivity contribution is 7.99. The zero-order chi connectivity index (χ0) is 12.1. The molecule has 0 radical (unpaired) electrons. The number of aliphatic hydroxyl groups excluding tert-OH is 1. The van der Waals surface area contributed by atoms with Crippen LogP contribution in [0.2, 0.25) is 0 Å². The van der Waals surface area contributed by atoms with Gasteiger partial charge in [0, 0.05) is 11.4 Å². The topological polar surface area (TPSA) is 41.5 Å². The van der Waals surface area contributed by atoms with E-state index in [0.717, 1.165) is 30.0 Å². The minimum Gasteiger partial charge on any atom is -0.497 e. The molecule has 0 bridgehead atoms. The van der Waals surface area contributed by atoms with Gasteiger partial charge in [0.15, 0.2) is 0 Å². The van der Waals surface area contributed by atoms with Crippen molar-refractivity contribution in [2.45, 2.75) is 18.4 Å². The Morgan fingerprint density at radius 1 is 1.41 bits per heavy atom. The number of hydrogen-bond acceptors (Lipinski definition) is 4. The molecule has 1 aliphatic heterocycles. The summed E-state index contributed by atoms with van der Waals surface area (Å²) in [6, 6.07) is 7.86. The van der Waals surface area contributed by atoms with Gasteiger partial charge >= 0.3 is 0 Å². The third-order valence-electron chi connectivity index (χ3n) is 3.12. The maximum atomic E-state index is 9.60. The second-order valence-electron chi connectivity index (χ2n) is 4.45. The summed E-state index contributed by atoms with van der Waals surface area (Å²) in [6.45, 7) is 0.187. The van der Waals surface area contributed by atoms with Gasteiger partial charge in [-0.3, -0.25) is 0 Å². The Morgan fingerprint density at radius 3 is 2.71 bits per heavy atom. The largest absolute Gasteiger partial charge is 0.497 e. The molecule has 1 unspecified atom stereocenters. The Morgan fingerprint density at radius 2 is 2.18 bits per heavy atom. The van der Waals surface area contributed by atoms with Gasteiger partial charge in [-0.05, 0) is 42.9 Å². The van der Waals surface area contributed by atoms with E-state index in [2.05, 4.69) is 5.32 Å². The fourth-order valence-electron chi connectivity index (χ4n) is 2.10. The Hall–Kier alpha value is -0.870. The highest BCUT2D eigenvalue weighted by Gasteiger charge is 2.31. The molecule has 3 nitrogen and oxygen atoms in total. The molecule has 0 amide bonds. The molecule has 4 heteroatoms. The van der Waals surface area contributed by atoms with E-state index in [1.54, 1.807) is 7.11 Å². The van der Waals surface area contributed by atoms with Gasteiger partial charge in [0.25, 0.3) is 0 Å². The fraction of sp³-hybridized carbons (Fsp3) is 0.538. The second-order valence-corrected chi connectivity index (χ2v) is 5.55. The number of anilines is 1. The van der Waals surface area contributed by atoms with Gasteiger partial charge in [-0.2, -0.15) is 11.8 Å². The zero-order valence-corrected chi connectivity index (χ0v) is 10.9. The van der Waals surface area contributed by atoms with Crippen molar-refractivity contribution >= 4 is 17.4 Å². The van der Waals surface area contributed by atoms with Crippen molar-refractivity contribution in [3.63, 3.8) is 0 Å². The highest BCUT2D eigenvalue weighted by Crippen LogP contribution is 2.30. The fourth-order valence-corrected chi connectivity index (χ4v) is 3.29. The van der Waals surface area contributed by atoms with Crippen molar-refractivity contribution in [3.05, 3.63) is 24.3 Å². The van der Waals surface area contributed by atoms with Crippen LogP contribution in [-0.2, 0) is 0 Å². The lowest BCUT2D eigenvalue weighted by atomic mass is 9.96. The van der Waals surface area contributed by atoms with Crippen molar-refractivity contribution < 1.29 is 9.84 Å². The molecule has 0 saturated carbocycles. The van der Waals surface area contributed by atoms with E-state index < -0.39 is 0 Å². The van der Waals surface area contributed by atoms with Crippen LogP contribution in [0.25, 0.3) is 0 Å². The summed E-state index contributed by atoms with van der Waals surface area (Å²) in [7, 11) is 1.66. The summed E-state index contributed by atoms with van der Waals surface area (Å²) in [5, 5.41) is 13.1. The summed E-state index contributed by atoms with van der Waals surface area (Å²) in [5.74, 6) is 3.02. The van der Waals surface area contributed by atoms with E-state index in [4.69, 9.17) is 4.74 Å². The van der Waals surface area contributed by atoms with E-state index in [-0.39, 0.29) is 12.1 Å². The average molecular weight is 253 g/mol. The van der Waals surface area contributed by atoms with Crippen molar-refractivity contribution in [1.82, 2.24) is 0 Å². The van der Waals surface area contributed by atoms with Gasteiger partial charge in [0.05, 0.1) is 19.3 Å². The number of aliphatic hydroxyl groups is 1. The average Bonchev–Trinajstić information content (AvgIpc) is 2.41. The van der Waals surface area contributed by atoms with Crippen molar-refractivity contribution in [3.8, 4) is 5.75 Å². The number of benzene rings is 1. The number of rotatable bonds is 4. The van der Waals surface area contributed by atoms with Crippen molar-refractivity contribution in [2.75, 3.05) is 30.5 Å². The molecule has 1 saturated heterocycles. The summed E-state index contributed by atoms with van der Waals surface area (Å²) in [5.41, 5.74) is 0.889. The van der Waals surface area contributed by atoms with Crippen LogP contribution in [0.15, 0.2) is 24.3 Å². The highest BCUT2D eigenvalue weighted by atomic mass is 32.2. The van der Waals surface area contributed by atoms with E-state index in [9.17, 15) is 5.11 Å². The standard InChI is InChI=1S/C13H19NO2S/c1-16-12-5-3-11(4-6-12)14-13(9-15)7-2-8-17-10-13/h3-6,14-15H,2,7-10H2,1H3. The molecule has 2 N–H and O–H groups in total. The molecule has 1 fully saturated rings. The smallest absolute Gasteiger partial charge is 0.119 e. The van der Waals surface area contributed by atoms with E-state index in [1.165, 1.54) is 5.75 Å². The number of methoxy groups -OCH3 is 1. The third-order valence-corrected chi connectivity index (χ3v) is 4.46. The first kappa shape index (κ1) is 12.6. The van der Waals surface area contributed by atoms with Crippen LogP contribution in [0, 0.1) is 0 Å². The molecule has 94 valence electrons. The van der Waals surface area contributed by atoms with Crippen LogP contribution < -0.4 is 10.1 Å². The third kappa shape index (κ3) is 3.07. The first-order valence-electron chi connectivity index (χ1n) is 5.89.